The molecule has 8 nitrogen and oxygen atoms in total. The molecule has 2 aromatic carbocycles. The summed E-state index contributed by atoms with van der Waals surface area (Å²) in [6, 6.07) is 13.8. The summed E-state index contributed by atoms with van der Waals surface area (Å²) in [6.07, 6.45) is 0.159. The molecule has 1 aliphatic carbocycles. The van der Waals surface area contributed by atoms with Gasteiger partial charge in [0.05, 0.1) is 24.6 Å². The Morgan fingerprint density at radius 2 is 1.50 bits per heavy atom. The molecule has 3 rings (SSSR count). The summed E-state index contributed by atoms with van der Waals surface area (Å²) in [7, 11) is 2.29. The maximum atomic E-state index is 13.7. The fraction of sp³-hybridized carbons (Fsp3) is 0.318. The molecule has 0 aliphatic heterocycles. The van der Waals surface area contributed by atoms with Gasteiger partial charge in [0.2, 0.25) is 0 Å². The van der Waals surface area contributed by atoms with Crippen molar-refractivity contribution in [2.45, 2.75) is 19.3 Å². The van der Waals surface area contributed by atoms with Crippen LogP contribution >= 0.6 is 0 Å². The van der Waals surface area contributed by atoms with E-state index in [4.69, 9.17) is 9.47 Å². The zero-order valence-corrected chi connectivity index (χ0v) is 16.8. The predicted molar refractivity (Wildman–Crippen MR) is 106 cm³/mol. The molecule has 0 spiro atoms. The minimum Gasteiger partial charge on any atom is -0.468 e. The van der Waals surface area contributed by atoms with Gasteiger partial charge in [-0.15, -0.1) is 0 Å². The highest BCUT2D eigenvalue weighted by atomic mass is 16.6. The second-order valence-corrected chi connectivity index (χ2v) is 7.09. The molecule has 2 atom stereocenters. The summed E-state index contributed by atoms with van der Waals surface area (Å²) in [5.41, 5.74) is -2.67. The van der Waals surface area contributed by atoms with Gasteiger partial charge in [-0.05, 0) is 12.0 Å². The van der Waals surface area contributed by atoms with E-state index < -0.39 is 33.6 Å². The predicted octanol–water partition coefficient (Wildman–Crippen LogP) is 3.30. The van der Waals surface area contributed by atoms with Gasteiger partial charge in [0.15, 0.2) is 11.2 Å². The molecule has 0 saturated heterocycles. The number of rotatable bonds is 7. The van der Waals surface area contributed by atoms with E-state index >= 15 is 0 Å². The van der Waals surface area contributed by atoms with Crippen molar-refractivity contribution in [2.75, 3.05) is 14.2 Å². The third kappa shape index (κ3) is 2.71. The Hall–Kier alpha value is -3.55. The third-order valence-electron chi connectivity index (χ3n) is 6.00. The van der Waals surface area contributed by atoms with Crippen LogP contribution in [0.5, 0.6) is 0 Å². The standard InChI is InChI=1S/C22H21NO7/c1-4-21(18(24)15-8-6-5-7-9-15)17(14-10-12-16(13-11-14)23(27)28)22(21,19(25)29-2)20(26)30-3/h5-13,17H,4H2,1-3H3/t17-,21-/m1/s1. The molecule has 2 aromatic rings. The smallest absolute Gasteiger partial charge is 0.324 e. The molecule has 1 aliphatic rings. The number of esters is 2. The molecule has 0 N–H and O–H groups in total. The van der Waals surface area contributed by atoms with Crippen molar-refractivity contribution >= 4 is 23.4 Å². The van der Waals surface area contributed by atoms with E-state index in [0.29, 0.717) is 11.1 Å². The Labute approximate surface area is 172 Å². The maximum Gasteiger partial charge on any atom is 0.324 e. The molecule has 1 fully saturated rings. The average Bonchev–Trinajstić information content (AvgIpc) is 3.43. The molecule has 0 heterocycles. The van der Waals surface area contributed by atoms with Crippen LogP contribution < -0.4 is 0 Å². The quantitative estimate of drug-likeness (QED) is 0.226. The zero-order chi connectivity index (χ0) is 22.1. The lowest BCUT2D eigenvalue weighted by molar-refractivity contribution is -0.384. The molecule has 0 aromatic heterocycles. The number of hydrogen-bond donors (Lipinski definition) is 0. The van der Waals surface area contributed by atoms with E-state index in [-0.39, 0.29) is 17.9 Å². The topological polar surface area (TPSA) is 113 Å². The first kappa shape index (κ1) is 21.2. The summed E-state index contributed by atoms with van der Waals surface area (Å²) in [5, 5.41) is 11.0. The molecule has 0 bridgehead atoms. The van der Waals surface area contributed by atoms with Crippen molar-refractivity contribution in [2.24, 2.45) is 10.8 Å². The molecule has 0 amide bonds. The number of carbonyl (C=O) groups is 3. The summed E-state index contributed by atoms with van der Waals surface area (Å²) in [5.74, 6) is -3.01. The van der Waals surface area contributed by atoms with E-state index in [2.05, 4.69) is 0 Å². The first-order valence-corrected chi connectivity index (χ1v) is 9.33. The van der Waals surface area contributed by atoms with Crippen LogP contribution in [-0.4, -0.2) is 36.9 Å². The molecule has 0 radical (unpaired) electrons. The number of ketones is 1. The Morgan fingerprint density at radius 3 is 1.93 bits per heavy atom. The number of carbonyl (C=O) groups excluding carboxylic acids is 3. The lowest BCUT2D eigenvalue weighted by atomic mass is 9.83. The van der Waals surface area contributed by atoms with Crippen LogP contribution in [0.2, 0.25) is 0 Å². The minimum absolute atomic E-state index is 0.141. The highest BCUT2D eigenvalue weighted by Crippen LogP contribution is 2.77. The summed E-state index contributed by atoms with van der Waals surface area (Å²) < 4.78 is 9.91. The molecule has 156 valence electrons. The van der Waals surface area contributed by atoms with Crippen LogP contribution in [0.3, 0.4) is 0 Å². The molecule has 8 heteroatoms. The van der Waals surface area contributed by atoms with Crippen molar-refractivity contribution in [3.63, 3.8) is 0 Å². The van der Waals surface area contributed by atoms with Gasteiger partial charge in [-0.2, -0.15) is 0 Å². The van der Waals surface area contributed by atoms with Crippen molar-refractivity contribution < 1.29 is 28.8 Å². The number of Topliss-reactive ketones (excluding diaryl/α,β-unsaturated/α-hetero) is 1. The SMILES string of the molecule is CC[C@]1(C(=O)c2ccccc2)[C@@H](c2ccc([N+](=O)[O-])cc2)C1(C(=O)OC)C(=O)OC. The van der Waals surface area contributed by atoms with Gasteiger partial charge >= 0.3 is 11.9 Å². The maximum absolute atomic E-state index is 13.7. The van der Waals surface area contributed by atoms with Crippen LogP contribution in [0.4, 0.5) is 5.69 Å². The molecular weight excluding hydrogens is 390 g/mol. The van der Waals surface area contributed by atoms with E-state index in [1.165, 1.54) is 24.3 Å². The summed E-state index contributed by atoms with van der Waals surface area (Å²) in [6.45, 7) is 1.72. The van der Waals surface area contributed by atoms with E-state index in [1.807, 2.05) is 0 Å². The lowest BCUT2D eigenvalue weighted by Gasteiger charge is -2.20. The number of nitrogens with zero attached hydrogens (tertiary/aromatic N) is 1. The normalized spacial score (nSPS) is 21.4. The van der Waals surface area contributed by atoms with Crippen molar-refractivity contribution in [1.82, 2.24) is 0 Å². The van der Waals surface area contributed by atoms with E-state index in [9.17, 15) is 24.5 Å². The van der Waals surface area contributed by atoms with Gasteiger partial charge in [0.1, 0.15) is 0 Å². The third-order valence-corrected chi connectivity index (χ3v) is 6.00. The number of nitro groups is 1. The average molecular weight is 411 g/mol. The van der Waals surface area contributed by atoms with Gasteiger partial charge in [-0.25, -0.2) is 0 Å². The van der Waals surface area contributed by atoms with E-state index in [1.54, 1.807) is 37.3 Å². The fourth-order valence-corrected chi connectivity index (χ4v) is 4.66. The van der Waals surface area contributed by atoms with Gasteiger partial charge < -0.3 is 9.47 Å². The summed E-state index contributed by atoms with van der Waals surface area (Å²) >= 11 is 0. The molecule has 1 saturated carbocycles. The van der Waals surface area contributed by atoms with Crippen LogP contribution in [0.1, 0.15) is 35.2 Å². The van der Waals surface area contributed by atoms with E-state index in [0.717, 1.165) is 14.2 Å². The van der Waals surface area contributed by atoms with Gasteiger partial charge in [-0.1, -0.05) is 49.4 Å². The zero-order valence-electron chi connectivity index (χ0n) is 16.8. The van der Waals surface area contributed by atoms with Crippen LogP contribution in [0.25, 0.3) is 0 Å². The molecule has 30 heavy (non-hydrogen) atoms. The number of hydrogen-bond acceptors (Lipinski definition) is 7. The first-order valence-electron chi connectivity index (χ1n) is 9.33. The highest BCUT2D eigenvalue weighted by Gasteiger charge is 2.88. The Bertz CT molecular complexity index is 984. The summed E-state index contributed by atoms with van der Waals surface area (Å²) in [4.78, 5) is 50.1. The van der Waals surface area contributed by atoms with Gasteiger partial charge in [0.25, 0.3) is 5.69 Å². The number of methoxy groups -OCH3 is 2. The first-order chi connectivity index (χ1) is 14.3. The second-order valence-electron chi connectivity index (χ2n) is 7.09. The van der Waals surface area contributed by atoms with Crippen molar-refractivity contribution in [1.29, 1.82) is 0 Å². The monoisotopic (exact) mass is 411 g/mol. The Kier molecular flexibility index (Phi) is 5.43. The van der Waals surface area contributed by atoms with Crippen LogP contribution in [0, 0.1) is 20.9 Å². The second kappa shape index (κ2) is 7.70. The molecule has 0 unspecified atom stereocenters. The minimum atomic E-state index is -1.88. The van der Waals surface area contributed by atoms with Gasteiger partial charge in [0, 0.05) is 23.6 Å². The van der Waals surface area contributed by atoms with Crippen molar-refractivity contribution in [3.05, 3.63) is 75.8 Å². The Balaban J connectivity index is 2.24. The Morgan fingerprint density at radius 1 is 0.967 bits per heavy atom. The lowest BCUT2D eigenvalue weighted by Crippen LogP contribution is -2.37. The van der Waals surface area contributed by atoms with Crippen LogP contribution in [-0.2, 0) is 19.1 Å². The van der Waals surface area contributed by atoms with Gasteiger partial charge in [-0.3, -0.25) is 24.5 Å². The number of ether oxygens (including phenoxy) is 2. The van der Waals surface area contributed by atoms with Crippen LogP contribution in [0.15, 0.2) is 54.6 Å². The number of benzene rings is 2. The highest BCUT2D eigenvalue weighted by molar-refractivity contribution is 6.18. The number of nitro benzene ring substituents is 1. The largest absolute Gasteiger partial charge is 0.468 e. The molecular formula is C22H21NO7. The van der Waals surface area contributed by atoms with Crippen molar-refractivity contribution in [3.8, 4) is 0 Å². The fourth-order valence-electron chi connectivity index (χ4n) is 4.66. The number of non-ortho nitro benzene ring substituents is 1.